The first-order valence-corrected chi connectivity index (χ1v) is 7.94. The number of nitrogens with two attached hydrogens (primary N) is 1. The number of nitrogen functional groups attached to an aromatic ring is 1. The van der Waals surface area contributed by atoms with Gasteiger partial charge in [0.15, 0.2) is 5.13 Å². The molecule has 4 N–H and O–H groups in total. The fraction of sp³-hybridized carbons (Fsp3) is 0.600. The van der Waals surface area contributed by atoms with Crippen molar-refractivity contribution in [2.24, 2.45) is 0 Å². The van der Waals surface area contributed by atoms with Gasteiger partial charge >= 0.3 is 0 Å². The van der Waals surface area contributed by atoms with Gasteiger partial charge in [0.25, 0.3) is 5.91 Å². The molecular formula is C10H18N4O2S2. The van der Waals surface area contributed by atoms with Crippen molar-refractivity contribution in [1.29, 1.82) is 0 Å². The van der Waals surface area contributed by atoms with Gasteiger partial charge in [-0.15, -0.1) is 0 Å². The molecule has 0 bridgehead atoms. The summed E-state index contributed by atoms with van der Waals surface area (Å²) in [5.74, 6) is -0.00504. The molecular weight excluding hydrogens is 272 g/mol. The Bertz CT molecular complexity index is 447. The van der Waals surface area contributed by atoms with E-state index in [2.05, 4.69) is 15.6 Å². The van der Waals surface area contributed by atoms with E-state index in [1.807, 2.05) is 6.92 Å². The molecule has 0 aliphatic heterocycles. The number of anilines is 2. The summed E-state index contributed by atoms with van der Waals surface area (Å²) in [6.45, 7) is 2.37. The lowest BCUT2D eigenvalue weighted by Gasteiger charge is -2.08. The van der Waals surface area contributed by atoms with E-state index in [1.54, 1.807) is 13.3 Å². The van der Waals surface area contributed by atoms with Gasteiger partial charge in [-0.2, -0.15) is 0 Å². The number of nitrogens with one attached hydrogen (secondary N) is 2. The van der Waals surface area contributed by atoms with Crippen molar-refractivity contribution in [3.8, 4) is 0 Å². The van der Waals surface area contributed by atoms with Crippen molar-refractivity contribution in [1.82, 2.24) is 10.3 Å². The zero-order chi connectivity index (χ0) is 13.7. The van der Waals surface area contributed by atoms with E-state index in [0.717, 1.165) is 0 Å². The van der Waals surface area contributed by atoms with Gasteiger partial charge in [0.2, 0.25) is 0 Å². The first kappa shape index (κ1) is 14.9. The van der Waals surface area contributed by atoms with Crippen molar-refractivity contribution >= 4 is 39.0 Å². The monoisotopic (exact) mass is 290 g/mol. The number of thiazole rings is 1. The topological polar surface area (TPSA) is 97.1 Å². The second-order valence-electron chi connectivity index (χ2n) is 3.84. The third-order valence-electron chi connectivity index (χ3n) is 2.48. The molecule has 0 fully saturated rings. The highest BCUT2D eigenvalue weighted by atomic mass is 32.2. The maximum Gasteiger partial charge on any atom is 0.265 e. The van der Waals surface area contributed by atoms with Gasteiger partial charge in [0.1, 0.15) is 10.7 Å². The summed E-state index contributed by atoms with van der Waals surface area (Å²) < 4.78 is 11.1. The Kier molecular flexibility index (Phi) is 5.54. The molecule has 0 aliphatic rings. The van der Waals surface area contributed by atoms with Gasteiger partial charge in [-0.05, 0) is 6.42 Å². The maximum atomic E-state index is 11.8. The number of hydrogen-bond donors (Lipinski definition) is 3. The van der Waals surface area contributed by atoms with E-state index < -0.39 is 10.8 Å². The number of carbonyl (C=O) groups excluding carboxylic acids is 1. The van der Waals surface area contributed by atoms with Gasteiger partial charge in [0, 0.05) is 35.9 Å². The fourth-order valence-electron chi connectivity index (χ4n) is 1.24. The van der Waals surface area contributed by atoms with Crippen LogP contribution in [0.5, 0.6) is 0 Å². The van der Waals surface area contributed by atoms with E-state index in [4.69, 9.17) is 5.73 Å². The normalized spacial score (nSPS) is 13.9. The SMILES string of the molecule is CNc1nc(N)c(C(=O)NCCC(C)S(C)=O)s1. The zero-order valence-electron chi connectivity index (χ0n) is 10.6. The second kappa shape index (κ2) is 6.69. The molecule has 6 nitrogen and oxygen atoms in total. The maximum absolute atomic E-state index is 11.8. The van der Waals surface area contributed by atoms with E-state index in [9.17, 15) is 9.00 Å². The van der Waals surface area contributed by atoms with Crippen LogP contribution in [0.2, 0.25) is 0 Å². The van der Waals surface area contributed by atoms with Gasteiger partial charge < -0.3 is 16.4 Å². The molecule has 1 aromatic rings. The highest BCUT2D eigenvalue weighted by Gasteiger charge is 2.15. The Balaban J connectivity index is 2.50. The van der Waals surface area contributed by atoms with Crippen molar-refractivity contribution < 1.29 is 9.00 Å². The number of rotatable bonds is 6. The van der Waals surface area contributed by atoms with Gasteiger partial charge in [0.05, 0.1) is 0 Å². The third kappa shape index (κ3) is 3.95. The highest BCUT2D eigenvalue weighted by molar-refractivity contribution is 7.84. The van der Waals surface area contributed by atoms with Gasteiger partial charge in [-0.3, -0.25) is 9.00 Å². The Morgan fingerprint density at radius 1 is 1.61 bits per heavy atom. The van der Waals surface area contributed by atoms with Crippen LogP contribution in [0.25, 0.3) is 0 Å². The number of carbonyl (C=O) groups is 1. The lowest BCUT2D eigenvalue weighted by Crippen LogP contribution is -2.27. The minimum absolute atomic E-state index is 0.0666. The number of aromatic nitrogens is 1. The zero-order valence-corrected chi connectivity index (χ0v) is 12.3. The predicted octanol–water partition coefficient (Wildman–Crippen LogP) is 0.654. The Hall–Kier alpha value is -1.15. The van der Waals surface area contributed by atoms with Crippen molar-refractivity contribution in [2.45, 2.75) is 18.6 Å². The van der Waals surface area contributed by atoms with Crippen LogP contribution in [0.15, 0.2) is 0 Å². The average Bonchev–Trinajstić information content (AvgIpc) is 2.70. The molecule has 1 aromatic heterocycles. The molecule has 0 saturated heterocycles. The van der Waals surface area contributed by atoms with E-state index in [1.165, 1.54) is 11.3 Å². The molecule has 0 spiro atoms. The molecule has 18 heavy (non-hydrogen) atoms. The molecule has 1 amide bonds. The standard InChI is InChI=1S/C10H18N4O2S2/c1-6(18(3)16)4-5-13-9(15)7-8(11)14-10(12-2)17-7/h6H,4-5,11H2,1-3H3,(H,12,14)(H,13,15). The molecule has 1 heterocycles. The highest BCUT2D eigenvalue weighted by Crippen LogP contribution is 2.24. The smallest absolute Gasteiger partial charge is 0.265 e. The number of nitrogens with zero attached hydrogens (tertiary/aromatic N) is 1. The molecule has 102 valence electrons. The van der Waals surface area contributed by atoms with Crippen LogP contribution >= 0.6 is 11.3 Å². The van der Waals surface area contributed by atoms with Gasteiger partial charge in [-0.1, -0.05) is 18.3 Å². The number of hydrogen-bond acceptors (Lipinski definition) is 6. The van der Waals surface area contributed by atoms with Gasteiger partial charge in [-0.25, -0.2) is 4.98 Å². The second-order valence-corrected chi connectivity index (χ2v) is 6.64. The predicted molar refractivity (Wildman–Crippen MR) is 76.6 cm³/mol. The van der Waals surface area contributed by atoms with Crippen molar-refractivity contribution in [3.05, 3.63) is 4.88 Å². The molecule has 2 unspecified atom stereocenters. The Labute approximate surface area is 113 Å². The van der Waals surface area contributed by atoms with Crippen LogP contribution in [0.1, 0.15) is 23.0 Å². The van der Waals surface area contributed by atoms with E-state index in [0.29, 0.717) is 23.0 Å². The summed E-state index contributed by atoms with van der Waals surface area (Å²) in [7, 11) is 0.853. The van der Waals surface area contributed by atoms with Crippen molar-refractivity contribution in [3.63, 3.8) is 0 Å². The molecule has 0 aliphatic carbocycles. The van der Waals surface area contributed by atoms with Crippen LogP contribution in [0, 0.1) is 0 Å². The molecule has 0 saturated carbocycles. The van der Waals surface area contributed by atoms with E-state index in [-0.39, 0.29) is 17.0 Å². The van der Waals surface area contributed by atoms with E-state index >= 15 is 0 Å². The summed E-state index contributed by atoms with van der Waals surface area (Å²) in [6, 6.07) is 0. The molecule has 1 rings (SSSR count). The average molecular weight is 290 g/mol. The lowest BCUT2D eigenvalue weighted by molar-refractivity contribution is 0.0958. The van der Waals surface area contributed by atoms with Crippen LogP contribution in [0.3, 0.4) is 0 Å². The first-order chi connectivity index (χ1) is 8.45. The van der Waals surface area contributed by atoms with Crippen LogP contribution < -0.4 is 16.4 Å². The largest absolute Gasteiger partial charge is 0.382 e. The Morgan fingerprint density at radius 3 is 2.78 bits per heavy atom. The first-order valence-electron chi connectivity index (χ1n) is 5.50. The summed E-state index contributed by atoms with van der Waals surface area (Å²) in [5.41, 5.74) is 5.65. The lowest BCUT2D eigenvalue weighted by atomic mass is 10.3. The summed E-state index contributed by atoms with van der Waals surface area (Å²) in [6.07, 6.45) is 2.33. The molecule has 0 aromatic carbocycles. The summed E-state index contributed by atoms with van der Waals surface area (Å²) in [4.78, 5) is 16.2. The fourth-order valence-corrected chi connectivity index (χ4v) is 2.44. The number of amides is 1. The molecule has 0 radical (unpaired) electrons. The summed E-state index contributed by atoms with van der Waals surface area (Å²) in [5, 5.41) is 6.27. The van der Waals surface area contributed by atoms with Crippen LogP contribution in [0.4, 0.5) is 10.9 Å². The quantitative estimate of drug-likeness (QED) is 0.715. The van der Waals surface area contributed by atoms with Crippen LogP contribution in [-0.4, -0.2) is 40.2 Å². The van der Waals surface area contributed by atoms with Crippen LogP contribution in [-0.2, 0) is 10.8 Å². The minimum Gasteiger partial charge on any atom is -0.382 e. The Morgan fingerprint density at radius 2 is 2.28 bits per heavy atom. The molecule has 8 heteroatoms. The molecule has 2 atom stereocenters. The van der Waals surface area contributed by atoms with Crippen molar-refractivity contribution in [2.75, 3.05) is 30.9 Å². The summed E-state index contributed by atoms with van der Waals surface area (Å²) >= 11 is 1.21. The third-order valence-corrected chi connectivity index (χ3v) is 4.93. The minimum atomic E-state index is -0.867.